The highest BCUT2D eigenvalue weighted by Crippen LogP contribution is 2.27. The molecule has 0 aromatic heterocycles. The van der Waals surface area contributed by atoms with Crippen molar-refractivity contribution in [3.63, 3.8) is 0 Å². The highest BCUT2D eigenvalue weighted by Gasteiger charge is 2.35. The average molecular weight is 382 g/mol. The first-order valence-electron chi connectivity index (χ1n) is 9.50. The van der Waals surface area contributed by atoms with E-state index in [0.717, 1.165) is 58.0 Å². The summed E-state index contributed by atoms with van der Waals surface area (Å²) >= 11 is 0. The van der Waals surface area contributed by atoms with E-state index in [2.05, 4.69) is 19.2 Å². The van der Waals surface area contributed by atoms with Crippen molar-refractivity contribution in [2.45, 2.75) is 64.3 Å². The highest BCUT2D eigenvalue weighted by atomic mass is 35.5. The standard InChI is InChI=1S/C20H31N3O2.ClH/c1-3-14-23(15-4-2)18(24)16-8-10-17(11-9-16)22-19(25)20(21)12-6-5-7-13-20;/h8-11H,3-7,12-15,21H2,1-2H3,(H,22,25);1H. The molecule has 6 heteroatoms. The Morgan fingerprint density at radius 1 is 1.04 bits per heavy atom. The van der Waals surface area contributed by atoms with Gasteiger partial charge in [0.15, 0.2) is 0 Å². The fourth-order valence-corrected chi connectivity index (χ4v) is 3.40. The molecule has 26 heavy (non-hydrogen) atoms. The highest BCUT2D eigenvalue weighted by molar-refractivity contribution is 5.99. The molecular weight excluding hydrogens is 350 g/mol. The zero-order valence-corrected chi connectivity index (χ0v) is 16.7. The summed E-state index contributed by atoms with van der Waals surface area (Å²) in [6.45, 7) is 5.67. The maximum Gasteiger partial charge on any atom is 0.253 e. The van der Waals surface area contributed by atoms with Crippen molar-refractivity contribution < 1.29 is 9.59 Å². The number of nitrogens with two attached hydrogens (primary N) is 1. The van der Waals surface area contributed by atoms with Crippen LogP contribution < -0.4 is 11.1 Å². The summed E-state index contributed by atoms with van der Waals surface area (Å²) in [6, 6.07) is 7.13. The van der Waals surface area contributed by atoms with Crippen LogP contribution in [0.15, 0.2) is 24.3 Å². The molecule has 1 aliphatic carbocycles. The lowest BCUT2D eigenvalue weighted by Crippen LogP contribution is -2.52. The Morgan fingerprint density at radius 3 is 2.08 bits per heavy atom. The number of rotatable bonds is 7. The Bertz CT molecular complexity index is 577. The predicted octanol–water partition coefficient (Wildman–Crippen LogP) is 3.97. The molecule has 1 fully saturated rings. The van der Waals surface area contributed by atoms with E-state index >= 15 is 0 Å². The van der Waals surface area contributed by atoms with Crippen LogP contribution in [0.25, 0.3) is 0 Å². The first kappa shape index (κ1) is 22.5. The van der Waals surface area contributed by atoms with Gasteiger partial charge in [0.2, 0.25) is 5.91 Å². The molecule has 0 bridgehead atoms. The smallest absolute Gasteiger partial charge is 0.253 e. The van der Waals surface area contributed by atoms with Crippen molar-refractivity contribution in [1.29, 1.82) is 0 Å². The summed E-state index contributed by atoms with van der Waals surface area (Å²) in [5, 5.41) is 2.91. The molecule has 0 saturated heterocycles. The van der Waals surface area contributed by atoms with E-state index in [1.54, 1.807) is 24.3 Å². The van der Waals surface area contributed by atoms with Gasteiger partial charge in [0.25, 0.3) is 5.91 Å². The van der Waals surface area contributed by atoms with Crippen LogP contribution >= 0.6 is 12.4 Å². The summed E-state index contributed by atoms with van der Waals surface area (Å²) in [4.78, 5) is 26.9. The molecular formula is C20H32ClN3O2. The summed E-state index contributed by atoms with van der Waals surface area (Å²) in [6.07, 6.45) is 6.51. The zero-order valence-electron chi connectivity index (χ0n) is 15.9. The van der Waals surface area contributed by atoms with E-state index in [1.807, 2.05) is 4.90 Å². The largest absolute Gasteiger partial charge is 0.339 e. The number of nitrogens with one attached hydrogen (secondary N) is 1. The number of hydrogen-bond acceptors (Lipinski definition) is 3. The number of amides is 2. The SMILES string of the molecule is CCCN(CCC)C(=O)c1ccc(NC(=O)C2(N)CCCCC2)cc1.Cl. The molecule has 0 unspecified atom stereocenters. The summed E-state index contributed by atoms with van der Waals surface area (Å²) in [5.41, 5.74) is 6.85. The molecule has 1 saturated carbocycles. The van der Waals surface area contributed by atoms with Crippen LogP contribution in [0.5, 0.6) is 0 Å². The van der Waals surface area contributed by atoms with Crippen LogP contribution in [0, 0.1) is 0 Å². The van der Waals surface area contributed by atoms with Crippen LogP contribution in [0.1, 0.15) is 69.2 Å². The van der Waals surface area contributed by atoms with Crippen LogP contribution in [-0.4, -0.2) is 35.3 Å². The van der Waals surface area contributed by atoms with Gasteiger partial charge in [-0.3, -0.25) is 9.59 Å². The van der Waals surface area contributed by atoms with Gasteiger partial charge in [-0.15, -0.1) is 12.4 Å². The van der Waals surface area contributed by atoms with Gasteiger partial charge in [0.05, 0.1) is 5.54 Å². The Morgan fingerprint density at radius 2 is 1.58 bits per heavy atom. The second-order valence-electron chi connectivity index (χ2n) is 7.04. The summed E-state index contributed by atoms with van der Waals surface area (Å²) in [5.74, 6) is -0.0750. The van der Waals surface area contributed by atoms with Gasteiger partial charge < -0.3 is 16.0 Å². The first-order chi connectivity index (χ1) is 12.0. The molecule has 1 aromatic rings. The monoisotopic (exact) mass is 381 g/mol. The van der Waals surface area contributed by atoms with Gasteiger partial charge in [-0.25, -0.2) is 0 Å². The maximum atomic E-state index is 12.6. The molecule has 1 aromatic carbocycles. The number of nitrogens with zero attached hydrogens (tertiary/aromatic N) is 1. The van der Waals surface area contributed by atoms with E-state index < -0.39 is 5.54 Å². The number of halogens is 1. The van der Waals surface area contributed by atoms with E-state index in [1.165, 1.54) is 0 Å². The van der Waals surface area contributed by atoms with Crippen LogP contribution in [0.3, 0.4) is 0 Å². The number of benzene rings is 1. The van der Waals surface area contributed by atoms with Crippen molar-refractivity contribution in [2.24, 2.45) is 5.73 Å². The van der Waals surface area contributed by atoms with E-state index in [0.29, 0.717) is 11.3 Å². The van der Waals surface area contributed by atoms with Gasteiger partial charge >= 0.3 is 0 Å². The molecule has 5 nitrogen and oxygen atoms in total. The van der Waals surface area contributed by atoms with Gasteiger partial charge in [-0.1, -0.05) is 33.1 Å². The van der Waals surface area contributed by atoms with Crippen LogP contribution in [-0.2, 0) is 4.79 Å². The Kier molecular flexibility index (Phi) is 9.09. The third-order valence-electron chi connectivity index (χ3n) is 4.86. The second kappa shape index (κ2) is 10.5. The van der Waals surface area contributed by atoms with Crippen molar-refractivity contribution in [2.75, 3.05) is 18.4 Å². The summed E-state index contributed by atoms with van der Waals surface area (Å²) < 4.78 is 0. The Balaban J connectivity index is 0.00000338. The van der Waals surface area contributed by atoms with Gasteiger partial charge in [-0.05, 0) is 49.9 Å². The second-order valence-corrected chi connectivity index (χ2v) is 7.04. The lowest BCUT2D eigenvalue weighted by molar-refractivity contribution is -0.122. The van der Waals surface area contributed by atoms with Crippen LogP contribution in [0.2, 0.25) is 0 Å². The quantitative estimate of drug-likeness (QED) is 0.750. The molecule has 146 valence electrons. The molecule has 0 spiro atoms. The molecule has 0 aliphatic heterocycles. The topological polar surface area (TPSA) is 75.4 Å². The normalized spacial score (nSPS) is 15.7. The fraction of sp³-hybridized carbons (Fsp3) is 0.600. The predicted molar refractivity (Wildman–Crippen MR) is 109 cm³/mol. The number of carbonyl (C=O) groups excluding carboxylic acids is 2. The summed E-state index contributed by atoms with van der Waals surface area (Å²) in [7, 11) is 0. The Labute approximate surface area is 163 Å². The van der Waals surface area contributed by atoms with Crippen molar-refractivity contribution in [3.05, 3.63) is 29.8 Å². The lowest BCUT2D eigenvalue weighted by Gasteiger charge is -2.31. The number of anilines is 1. The molecule has 0 heterocycles. The van der Waals surface area contributed by atoms with Crippen molar-refractivity contribution >= 4 is 29.9 Å². The minimum absolute atomic E-state index is 0. The average Bonchev–Trinajstić information content (AvgIpc) is 2.62. The zero-order chi connectivity index (χ0) is 18.3. The fourth-order valence-electron chi connectivity index (χ4n) is 3.40. The van der Waals surface area contributed by atoms with Gasteiger partial charge in [0, 0.05) is 24.3 Å². The van der Waals surface area contributed by atoms with Crippen molar-refractivity contribution in [1.82, 2.24) is 4.90 Å². The van der Waals surface area contributed by atoms with Gasteiger partial charge in [-0.2, -0.15) is 0 Å². The molecule has 0 atom stereocenters. The molecule has 3 N–H and O–H groups in total. The van der Waals surface area contributed by atoms with Crippen molar-refractivity contribution in [3.8, 4) is 0 Å². The molecule has 1 aliphatic rings. The van der Waals surface area contributed by atoms with Gasteiger partial charge in [0.1, 0.15) is 0 Å². The molecule has 2 rings (SSSR count). The van der Waals surface area contributed by atoms with E-state index in [-0.39, 0.29) is 24.2 Å². The van der Waals surface area contributed by atoms with E-state index in [9.17, 15) is 9.59 Å². The molecule has 2 amide bonds. The minimum atomic E-state index is -0.758. The van der Waals surface area contributed by atoms with E-state index in [4.69, 9.17) is 5.73 Å². The third kappa shape index (κ3) is 5.71. The Hall–Kier alpha value is -1.59. The minimum Gasteiger partial charge on any atom is -0.339 e. The maximum absolute atomic E-state index is 12.6. The molecule has 0 radical (unpaired) electrons. The third-order valence-corrected chi connectivity index (χ3v) is 4.86. The lowest BCUT2D eigenvalue weighted by atomic mass is 9.82. The number of hydrogen-bond donors (Lipinski definition) is 2. The number of carbonyl (C=O) groups is 2. The first-order valence-corrected chi connectivity index (χ1v) is 9.50. The van der Waals surface area contributed by atoms with Crippen LogP contribution in [0.4, 0.5) is 5.69 Å².